The SMILES string of the molecule is C=Cc1ccc(C(=O)NC(CCCCC)OC=O)cc1.CCI. The van der Waals surface area contributed by atoms with E-state index in [4.69, 9.17) is 4.74 Å². The second-order valence-electron chi connectivity index (χ2n) is 4.78. The third kappa shape index (κ3) is 10.1. The Hall–Kier alpha value is -1.37. The quantitative estimate of drug-likeness (QED) is 0.205. The number of carbonyl (C=O) groups excluding carboxylic acids is 2. The fourth-order valence-electron chi connectivity index (χ4n) is 1.82. The summed E-state index contributed by atoms with van der Waals surface area (Å²) in [6.45, 7) is 8.24. The van der Waals surface area contributed by atoms with Crippen molar-refractivity contribution in [3.05, 3.63) is 42.0 Å². The van der Waals surface area contributed by atoms with Gasteiger partial charge in [0.1, 0.15) is 0 Å². The number of halogens is 1. The predicted octanol–water partition coefficient (Wildman–Crippen LogP) is 4.58. The summed E-state index contributed by atoms with van der Waals surface area (Å²) in [6, 6.07) is 7.07. The lowest BCUT2D eigenvalue weighted by Crippen LogP contribution is -2.36. The summed E-state index contributed by atoms with van der Waals surface area (Å²) < 4.78 is 6.12. The fraction of sp³-hybridized carbons (Fsp3) is 0.444. The van der Waals surface area contributed by atoms with Crippen LogP contribution < -0.4 is 5.32 Å². The number of hydrogen-bond acceptors (Lipinski definition) is 3. The summed E-state index contributed by atoms with van der Waals surface area (Å²) in [5.74, 6) is -0.246. The van der Waals surface area contributed by atoms with Crippen LogP contribution in [0.5, 0.6) is 0 Å². The van der Waals surface area contributed by atoms with Gasteiger partial charge < -0.3 is 10.1 Å². The molecule has 0 saturated heterocycles. The third-order valence-corrected chi connectivity index (χ3v) is 2.99. The second kappa shape index (κ2) is 14.2. The Morgan fingerprint density at radius 1 is 1.30 bits per heavy atom. The van der Waals surface area contributed by atoms with Gasteiger partial charge in [-0.15, -0.1) is 0 Å². The lowest BCUT2D eigenvalue weighted by Gasteiger charge is -2.16. The zero-order valence-corrected chi connectivity index (χ0v) is 16.0. The number of rotatable bonds is 9. The van der Waals surface area contributed by atoms with Crippen molar-refractivity contribution in [1.82, 2.24) is 5.32 Å². The molecule has 5 heteroatoms. The van der Waals surface area contributed by atoms with Gasteiger partial charge in [-0.2, -0.15) is 0 Å². The average Bonchev–Trinajstić information content (AvgIpc) is 2.56. The maximum atomic E-state index is 12.0. The molecule has 1 amide bonds. The molecule has 1 rings (SSSR count). The van der Waals surface area contributed by atoms with Gasteiger partial charge in [0.2, 0.25) is 0 Å². The molecule has 0 aliphatic heterocycles. The zero-order valence-electron chi connectivity index (χ0n) is 13.9. The van der Waals surface area contributed by atoms with Gasteiger partial charge in [0.15, 0.2) is 6.23 Å². The molecule has 0 radical (unpaired) electrons. The Kier molecular flexibility index (Phi) is 13.4. The zero-order chi connectivity index (χ0) is 17.5. The van der Waals surface area contributed by atoms with Gasteiger partial charge >= 0.3 is 0 Å². The fourth-order valence-corrected chi connectivity index (χ4v) is 1.82. The van der Waals surface area contributed by atoms with E-state index >= 15 is 0 Å². The molecule has 23 heavy (non-hydrogen) atoms. The van der Waals surface area contributed by atoms with Gasteiger partial charge in [-0.05, 0) is 28.5 Å². The van der Waals surface area contributed by atoms with E-state index in [2.05, 4.69) is 48.3 Å². The van der Waals surface area contributed by atoms with Gasteiger partial charge in [0.25, 0.3) is 12.4 Å². The van der Waals surface area contributed by atoms with Gasteiger partial charge in [0.05, 0.1) is 0 Å². The van der Waals surface area contributed by atoms with Crippen LogP contribution >= 0.6 is 22.6 Å². The standard InChI is InChI=1S/C16H21NO3.C2H5I/c1-3-5-6-7-15(20-12-18)17-16(19)14-10-8-13(4-2)9-11-14;1-2-3/h4,8-12,15H,2-3,5-7H2,1H3,(H,17,19);2H2,1H3. The summed E-state index contributed by atoms with van der Waals surface area (Å²) in [5.41, 5.74) is 1.48. The Morgan fingerprint density at radius 3 is 2.39 bits per heavy atom. The lowest BCUT2D eigenvalue weighted by atomic mass is 10.1. The second-order valence-corrected chi connectivity index (χ2v) is 6.31. The first kappa shape index (κ1) is 21.6. The number of carbonyl (C=O) groups is 2. The molecule has 0 aliphatic carbocycles. The van der Waals surface area contributed by atoms with Crippen molar-refractivity contribution in [1.29, 1.82) is 0 Å². The van der Waals surface area contributed by atoms with Crippen LogP contribution in [0, 0.1) is 0 Å². The molecule has 0 spiro atoms. The van der Waals surface area contributed by atoms with E-state index in [1.807, 2.05) is 12.1 Å². The van der Waals surface area contributed by atoms with Crippen LogP contribution in [0.4, 0.5) is 0 Å². The molecule has 1 aromatic rings. The summed E-state index contributed by atoms with van der Waals surface area (Å²) in [6.07, 6.45) is 4.80. The highest BCUT2D eigenvalue weighted by molar-refractivity contribution is 14.1. The minimum atomic E-state index is -0.564. The maximum absolute atomic E-state index is 12.0. The molecule has 0 bridgehead atoms. The topological polar surface area (TPSA) is 55.4 Å². The van der Waals surface area contributed by atoms with Crippen LogP contribution in [0.25, 0.3) is 6.08 Å². The van der Waals surface area contributed by atoms with E-state index < -0.39 is 6.23 Å². The summed E-state index contributed by atoms with van der Waals surface area (Å²) >= 11 is 2.29. The van der Waals surface area contributed by atoms with Crippen LogP contribution in [0.1, 0.15) is 55.5 Å². The molecule has 0 fully saturated rings. The molecule has 0 saturated carbocycles. The first-order chi connectivity index (χ1) is 11.1. The van der Waals surface area contributed by atoms with Crippen molar-refractivity contribution >= 4 is 41.0 Å². The summed E-state index contributed by atoms with van der Waals surface area (Å²) in [7, 11) is 0. The molecule has 0 heterocycles. The van der Waals surface area contributed by atoms with Crippen molar-refractivity contribution in [3.63, 3.8) is 0 Å². The van der Waals surface area contributed by atoms with Crippen molar-refractivity contribution in [2.75, 3.05) is 4.43 Å². The van der Waals surface area contributed by atoms with E-state index in [1.54, 1.807) is 18.2 Å². The Bertz CT molecular complexity index is 460. The van der Waals surface area contributed by atoms with E-state index in [0.717, 1.165) is 24.8 Å². The smallest absolute Gasteiger partial charge is 0.295 e. The number of ether oxygens (including phenoxy) is 1. The lowest BCUT2D eigenvalue weighted by molar-refractivity contribution is -0.134. The van der Waals surface area contributed by atoms with E-state index in [0.29, 0.717) is 18.5 Å². The third-order valence-electron chi connectivity index (χ3n) is 2.99. The molecule has 0 aromatic heterocycles. The largest absolute Gasteiger partial charge is 0.444 e. The molecule has 1 atom stereocenters. The van der Waals surface area contributed by atoms with E-state index in [-0.39, 0.29) is 5.91 Å². The average molecular weight is 431 g/mol. The Balaban J connectivity index is 0.00000149. The summed E-state index contributed by atoms with van der Waals surface area (Å²) in [5, 5.41) is 2.71. The highest BCUT2D eigenvalue weighted by Gasteiger charge is 2.13. The number of amides is 1. The van der Waals surface area contributed by atoms with E-state index in [9.17, 15) is 9.59 Å². The molecule has 4 nitrogen and oxygen atoms in total. The highest BCUT2D eigenvalue weighted by atomic mass is 127. The van der Waals surface area contributed by atoms with Gasteiger partial charge in [-0.3, -0.25) is 9.59 Å². The van der Waals surface area contributed by atoms with Crippen LogP contribution in [0.3, 0.4) is 0 Å². The molecule has 1 aromatic carbocycles. The summed E-state index contributed by atoms with van der Waals surface area (Å²) in [4.78, 5) is 22.5. The molecule has 1 unspecified atom stereocenters. The van der Waals surface area contributed by atoms with Crippen LogP contribution in [0.2, 0.25) is 0 Å². The predicted molar refractivity (Wildman–Crippen MR) is 104 cm³/mol. The van der Waals surface area contributed by atoms with Gasteiger partial charge in [-0.25, -0.2) is 0 Å². The van der Waals surface area contributed by atoms with E-state index in [1.165, 1.54) is 4.43 Å². The number of alkyl halides is 1. The van der Waals surface area contributed by atoms with Crippen LogP contribution in [-0.2, 0) is 9.53 Å². The van der Waals surface area contributed by atoms with Crippen LogP contribution in [0.15, 0.2) is 30.8 Å². The van der Waals surface area contributed by atoms with Crippen molar-refractivity contribution in [3.8, 4) is 0 Å². The van der Waals surface area contributed by atoms with Crippen molar-refractivity contribution in [2.24, 2.45) is 0 Å². The van der Waals surface area contributed by atoms with Crippen LogP contribution in [-0.4, -0.2) is 23.0 Å². The molecular weight excluding hydrogens is 405 g/mol. The monoisotopic (exact) mass is 431 g/mol. The number of nitrogens with one attached hydrogen (secondary N) is 1. The van der Waals surface area contributed by atoms with Gasteiger partial charge in [-0.1, -0.05) is 74.1 Å². The molecular formula is C18H26INO3. The first-order valence-electron chi connectivity index (χ1n) is 7.81. The Labute approximate surface area is 152 Å². The van der Waals surface area contributed by atoms with Crippen molar-refractivity contribution < 1.29 is 14.3 Å². The number of unbranched alkanes of at least 4 members (excludes halogenated alkanes) is 2. The minimum Gasteiger partial charge on any atom is -0.444 e. The molecule has 128 valence electrons. The number of hydrogen-bond donors (Lipinski definition) is 1. The number of benzene rings is 1. The van der Waals surface area contributed by atoms with Crippen molar-refractivity contribution in [2.45, 2.75) is 45.8 Å². The first-order valence-corrected chi connectivity index (χ1v) is 9.33. The molecule has 1 N–H and O–H groups in total. The van der Waals surface area contributed by atoms with Gasteiger partial charge in [0, 0.05) is 12.0 Å². The highest BCUT2D eigenvalue weighted by Crippen LogP contribution is 2.08. The Morgan fingerprint density at radius 2 is 1.91 bits per heavy atom. The molecule has 0 aliphatic rings. The maximum Gasteiger partial charge on any atom is 0.295 e. The minimum absolute atomic E-state index is 0.246. The normalized spacial score (nSPS) is 10.7.